The van der Waals surface area contributed by atoms with Gasteiger partial charge in [-0.25, -0.2) is 15.0 Å². The van der Waals surface area contributed by atoms with Crippen LogP contribution < -0.4 is 0 Å². The van der Waals surface area contributed by atoms with Gasteiger partial charge in [-0.2, -0.15) is 0 Å². The van der Waals surface area contributed by atoms with Crippen LogP contribution in [0.15, 0.2) is 185 Å². The molecule has 3 aromatic heterocycles. The average molecular weight is 716 g/mol. The van der Waals surface area contributed by atoms with Crippen molar-refractivity contribution in [1.29, 1.82) is 0 Å². The first-order chi connectivity index (χ1) is 27.7. The number of nitrogens with zero attached hydrogens (tertiary/aromatic N) is 3. The largest absolute Gasteiger partial charge is 0.456 e. The molecule has 0 aliphatic heterocycles. The van der Waals surface area contributed by atoms with E-state index in [1.165, 1.54) is 5.39 Å². The maximum absolute atomic E-state index is 6.71. The molecule has 0 saturated carbocycles. The molecule has 0 N–H and O–H groups in total. The van der Waals surface area contributed by atoms with Gasteiger partial charge in [0.05, 0.1) is 5.56 Å². The summed E-state index contributed by atoms with van der Waals surface area (Å²) in [7, 11) is 0. The summed E-state index contributed by atoms with van der Waals surface area (Å²) in [6, 6.07) is 60.9. The van der Waals surface area contributed by atoms with Crippen molar-refractivity contribution < 1.29 is 8.83 Å². The summed E-state index contributed by atoms with van der Waals surface area (Å²) in [5.41, 5.74) is 7.98. The Morgan fingerprint density at radius 1 is 0.304 bits per heavy atom. The van der Waals surface area contributed by atoms with E-state index in [0.717, 1.165) is 98.6 Å². The van der Waals surface area contributed by atoms with Crippen LogP contribution in [-0.4, -0.2) is 15.0 Å². The van der Waals surface area contributed by atoms with Gasteiger partial charge >= 0.3 is 0 Å². The Bertz CT molecular complexity index is 3550. The van der Waals surface area contributed by atoms with Gasteiger partial charge in [-0.1, -0.05) is 140 Å². The van der Waals surface area contributed by atoms with Crippen molar-refractivity contribution in [1.82, 2.24) is 15.0 Å². The maximum atomic E-state index is 6.71. The standard InChI is InChI=1S/C51H29N3O2/c1-2-13-30(14-3-1)31-25-26-39-45(29-31)55-44-24-12-22-40(46(39)44)49-52-50(41-27-32-15-4-6-17-34(32)36-19-8-9-20-37(36)41)54-51(53-49)42-28-33-16-5-7-18-35(33)47-38-21-10-11-23-43(38)56-48(42)47/h1-29H. The minimum atomic E-state index is 0.535. The Kier molecular flexibility index (Phi) is 6.56. The number of aromatic nitrogens is 3. The van der Waals surface area contributed by atoms with Gasteiger partial charge in [0.2, 0.25) is 0 Å². The molecule has 0 aliphatic rings. The molecule has 12 aromatic rings. The third kappa shape index (κ3) is 4.64. The highest BCUT2D eigenvalue weighted by Gasteiger charge is 2.23. The van der Waals surface area contributed by atoms with Crippen LogP contribution >= 0.6 is 0 Å². The van der Waals surface area contributed by atoms with Crippen molar-refractivity contribution in [3.63, 3.8) is 0 Å². The normalized spacial score (nSPS) is 11.9. The lowest BCUT2D eigenvalue weighted by Crippen LogP contribution is -2.01. The molecule has 260 valence electrons. The predicted octanol–water partition coefficient (Wildman–Crippen LogP) is 13.8. The number of furan rings is 2. The van der Waals surface area contributed by atoms with Crippen molar-refractivity contribution in [2.75, 3.05) is 0 Å². The smallest absolute Gasteiger partial charge is 0.167 e. The predicted molar refractivity (Wildman–Crippen MR) is 229 cm³/mol. The first-order valence-corrected chi connectivity index (χ1v) is 18.8. The second kappa shape index (κ2) is 11.9. The van der Waals surface area contributed by atoms with Crippen LogP contribution in [-0.2, 0) is 0 Å². The highest BCUT2D eigenvalue weighted by molar-refractivity contribution is 6.22. The highest BCUT2D eigenvalue weighted by Crippen LogP contribution is 2.43. The zero-order valence-electron chi connectivity index (χ0n) is 29.9. The van der Waals surface area contributed by atoms with E-state index in [1.54, 1.807) is 0 Å². The molecule has 3 heterocycles. The summed E-state index contributed by atoms with van der Waals surface area (Å²) in [6.45, 7) is 0. The molecule has 0 amide bonds. The minimum Gasteiger partial charge on any atom is -0.456 e. The van der Waals surface area contributed by atoms with Crippen LogP contribution in [0.4, 0.5) is 0 Å². The van der Waals surface area contributed by atoms with E-state index >= 15 is 0 Å². The van der Waals surface area contributed by atoms with E-state index in [2.05, 4.69) is 146 Å². The molecule has 5 heteroatoms. The fourth-order valence-corrected chi connectivity index (χ4v) is 8.54. The Labute approximate surface area is 320 Å². The van der Waals surface area contributed by atoms with Crippen molar-refractivity contribution in [3.05, 3.63) is 176 Å². The van der Waals surface area contributed by atoms with Gasteiger partial charge in [0.25, 0.3) is 0 Å². The fourth-order valence-electron chi connectivity index (χ4n) is 8.54. The van der Waals surface area contributed by atoms with Crippen LogP contribution in [0.3, 0.4) is 0 Å². The van der Waals surface area contributed by atoms with Crippen LogP contribution in [0.25, 0.3) is 121 Å². The van der Waals surface area contributed by atoms with Crippen molar-refractivity contribution in [2.24, 2.45) is 0 Å². The Morgan fingerprint density at radius 2 is 0.893 bits per heavy atom. The lowest BCUT2D eigenvalue weighted by Gasteiger charge is -2.13. The SMILES string of the molecule is c1ccc(-c2ccc3c(c2)oc2cccc(-c4nc(-c5cc6ccccc6c6ccccc56)nc(-c5cc6ccccc6c6c5oc5ccccc56)n4)c23)cc1. The van der Waals surface area contributed by atoms with Crippen LogP contribution in [0, 0.1) is 0 Å². The van der Waals surface area contributed by atoms with E-state index in [0.29, 0.717) is 17.5 Å². The summed E-state index contributed by atoms with van der Waals surface area (Å²) in [5.74, 6) is 1.67. The minimum absolute atomic E-state index is 0.535. The third-order valence-corrected chi connectivity index (χ3v) is 11.1. The number of benzene rings is 9. The first kappa shape index (κ1) is 30.8. The summed E-state index contributed by atoms with van der Waals surface area (Å²) >= 11 is 0. The molecule has 0 fully saturated rings. The monoisotopic (exact) mass is 715 g/mol. The molecule has 56 heavy (non-hydrogen) atoms. The van der Waals surface area contributed by atoms with E-state index in [1.807, 2.05) is 30.3 Å². The van der Waals surface area contributed by atoms with Crippen LogP contribution in [0.2, 0.25) is 0 Å². The molecule has 12 rings (SSSR count). The molecular formula is C51H29N3O2. The van der Waals surface area contributed by atoms with Crippen LogP contribution in [0.1, 0.15) is 0 Å². The van der Waals surface area contributed by atoms with Gasteiger partial charge in [-0.15, -0.1) is 0 Å². The molecule has 9 aromatic carbocycles. The van der Waals surface area contributed by atoms with Crippen molar-refractivity contribution >= 4 is 76.2 Å². The molecule has 0 unspecified atom stereocenters. The topological polar surface area (TPSA) is 65.0 Å². The summed E-state index contributed by atoms with van der Waals surface area (Å²) in [5, 5.41) is 10.8. The Balaban J connectivity index is 1.18. The zero-order valence-corrected chi connectivity index (χ0v) is 29.9. The van der Waals surface area contributed by atoms with E-state index in [-0.39, 0.29) is 0 Å². The average Bonchev–Trinajstić information content (AvgIpc) is 3.85. The maximum Gasteiger partial charge on any atom is 0.167 e. The first-order valence-electron chi connectivity index (χ1n) is 18.8. The number of hydrogen-bond acceptors (Lipinski definition) is 5. The van der Waals surface area contributed by atoms with Gasteiger partial charge in [-0.3, -0.25) is 0 Å². The van der Waals surface area contributed by atoms with E-state index in [4.69, 9.17) is 23.8 Å². The number of para-hydroxylation sites is 1. The Morgan fingerprint density at radius 3 is 1.71 bits per heavy atom. The highest BCUT2D eigenvalue weighted by atomic mass is 16.3. The van der Waals surface area contributed by atoms with E-state index < -0.39 is 0 Å². The molecular weight excluding hydrogens is 687 g/mol. The molecule has 0 saturated heterocycles. The number of hydrogen-bond donors (Lipinski definition) is 0. The number of fused-ring (bicyclic) bond motifs is 11. The van der Waals surface area contributed by atoms with Gasteiger partial charge in [0.15, 0.2) is 17.5 Å². The lowest BCUT2D eigenvalue weighted by molar-refractivity contribution is 0.669. The summed E-state index contributed by atoms with van der Waals surface area (Å²) < 4.78 is 13.3. The molecule has 0 radical (unpaired) electrons. The molecule has 5 nitrogen and oxygen atoms in total. The molecule has 0 aliphatic carbocycles. The summed E-state index contributed by atoms with van der Waals surface area (Å²) in [6.07, 6.45) is 0. The van der Waals surface area contributed by atoms with Gasteiger partial charge < -0.3 is 8.83 Å². The van der Waals surface area contributed by atoms with Crippen molar-refractivity contribution in [3.8, 4) is 45.3 Å². The summed E-state index contributed by atoms with van der Waals surface area (Å²) in [4.78, 5) is 16.0. The Hall–Kier alpha value is -7.63. The van der Waals surface area contributed by atoms with Gasteiger partial charge in [0, 0.05) is 32.7 Å². The van der Waals surface area contributed by atoms with E-state index in [9.17, 15) is 0 Å². The second-order valence-electron chi connectivity index (χ2n) is 14.3. The van der Waals surface area contributed by atoms with Crippen molar-refractivity contribution in [2.45, 2.75) is 0 Å². The van der Waals surface area contributed by atoms with Gasteiger partial charge in [0.1, 0.15) is 22.3 Å². The molecule has 0 spiro atoms. The number of rotatable bonds is 4. The lowest BCUT2D eigenvalue weighted by atomic mass is 9.96. The molecule has 0 bridgehead atoms. The van der Waals surface area contributed by atoms with Gasteiger partial charge in [-0.05, 0) is 79.8 Å². The quantitative estimate of drug-likeness (QED) is 0.170. The fraction of sp³-hybridized carbons (Fsp3) is 0. The second-order valence-corrected chi connectivity index (χ2v) is 14.3. The zero-order chi connectivity index (χ0) is 36.7. The third-order valence-electron chi connectivity index (χ3n) is 11.1. The van der Waals surface area contributed by atoms with Crippen LogP contribution in [0.5, 0.6) is 0 Å². The molecule has 0 atom stereocenters.